The van der Waals surface area contributed by atoms with E-state index in [1.807, 2.05) is 41.5 Å². The molecule has 1 fully saturated rings. The van der Waals surface area contributed by atoms with E-state index >= 15 is 0 Å². The van der Waals surface area contributed by atoms with Crippen LogP contribution in [0.2, 0.25) is 0 Å². The number of carbonyl (C=O) groups is 2. The summed E-state index contributed by atoms with van der Waals surface area (Å²) in [5, 5.41) is 0. The van der Waals surface area contributed by atoms with Crippen molar-refractivity contribution >= 4 is 12.0 Å². The average Bonchev–Trinajstić information content (AvgIpc) is 2.87. The van der Waals surface area contributed by atoms with Crippen molar-refractivity contribution in [3.05, 3.63) is 0 Å². The topological polar surface area (TPSA) is 59.1 Å². The van der Waals surface area contributed by atoms with Gasteiger partial charge in [0.2, 0.25) is 5.91 Å². The maximum absolute atomic E-state index is 12.2. The fourth-order valence-corrected chi connectivity index (χ4v) is 2.44. The number of rotatable bonds is 5. The Hall–Kier alpha value is -1.30. The number of hydrogen-bond donors (Lipinski definition) is 0. The van der Waals surface area contributed by atoms with Gasteiger partial charge in [0.25, 0.3) is 0 Å². The standard InChI is InChI=1S/C17H32N2O4/c1-8-17(22-11-14(20)18(7)13(2)3)9-10-19(12-17)15(21)23-16(4,5)6/h13H,8-12H2,1-7H3. The van der Waals surface area contributed by atoms with Crippen molar-refractivity contribution in [2.24, 2.45) is 0 Å². The van der Waals surface area contributed by atoms with E-state index in [0.29, 0.717) is 13.1 Å². The molecule has 1 aliphatic heterocycles. The van der Waals surface area contributed by atoms with Gasteiger partial charge in [-0.25, -0.2) is 4.79 Å². The van der Waals surface area contributed by atoms with Crippen molar-refractivity contribution < 1.29 is 19.1 Å². The van der Waals surface area contributed by atoms with Crippen molar-refractivity contribution in [1.82, 2.24) is 9.80 Å². The summed E-state index contributed by atoms with van der Waals surface area (Å²) in [7, 11) is 1.77. The van der Waals surface area contributed by atoms with Gasteiger partial charge in [0.05, 0.1) is 12.1 Å². The third-order valence-electron chi connectivity index (χ3n) is 4.28. The van der Waals surface area contributed by atoms with Gasteiger partial charge >= 0.3 is 6.09 Å². The summed E-state index contributed by atoms with van der Waals surface area (Å²) in [5.74, 6) is -0.0384. The first-order chi connectivity index (χ1) is 10.5. The van der Waals surface area contributed by atoms with Crippen LogP contribution in [0, 0.1) is 0 Å². The summed E-state index contributed by atoms with van der Waals surface area (Å²) in [5.41, 5.74) is -0.963. The number of likely N-dealkylation sites (N-methyl/N-ethyl adjacent to an activating group) is 1. The highest BCUT2D eigenvalue weighted by molar-refractivity contribution is 5.77. The van der Waals surface area contributed by atoms with Gasteiger partial charge in [-0.3, -0.25) is 4.79 Å². The smallest absolute Gasteiger partial charge is 0.410 e. The predicted octanol–water partition coefficient (Wildman–Crippen LogP) is 2.66. The monoisotopic (exact) mass is 328 g/mol. The quantitative estimate of drug-likeness (QED) is 0.778. The number of hydrogen-bond acceptors (Lipinski definition) is 4. The summed E-state index contributed by atoms with van der Waals surface area (Å²) in [6, 6.07) is 0.144. The van der Waals surface area contributed by atoms with Gasteiger partial charge in [0, 0.05) is 19.6 Å². The van der Waals surface area contributed by atoms with Gasteiger partial charge in [-0.1, -0.05) is 6.92 Å². The third-order valence-corrected chi connectivity index (χ3v) is 4.28. The Balaban J connectivity index is 2.60. The number of carbonyl (C=O) groups excluding carboxylic acids is 2. The molecule has 1 aliphatic rings. The van der Waals surface area contributed by atoms with E-state index in [9.17, 15) is 9.59 Å². The van der Waals surface area contributed by atoms with Crippen LogP contribution in [-0.4, -0.2) is 65.8 Å². The molecule has 0 N–H and O–H groups in total. The summed E-state index contributed by atoms with van der Waals surface area (Å²) in [4.78, 5) is 27.6. The van der Waals surface area contributed by atoms with Crippen molar-refractivity contribution in [3.63, 3.8) is 0 Å². The van der Waals surface area contributed by atoms with Crippen LogP contribution < -0.4 is 0 Å². The average molecular weight is 328 g/mol. The lowest BCUT2D eigenvalue weighted by molar-refractivity contribution is -0.143. The first-order valence-electron chi connectivity index (χ1n) is 8.37. The predicted molar refractivity (Wildman–Crippen MR) is 89.3 cm³/mol. The van der Waals surface area contributed by atoms with Crippen molar-refractivity contribution in [2.75, 3.05) is 26.7 Å². The maximum atomic E-state index is 12.2. The second-order valence-corrected chi connectivity index (χ2v) is 7.58. The lowest BCUT2D eigenvalue weighted by Crippen LogP contribution is -2.43. The van der Waals surface area contributed by atoms with Crippen molar-refractivity contribution in [3.8, 4) is 0 Å². The summed E-state index contributed by atoms with van der Waals surface area (Å²) in [6.07, 6.45) is 1.16. The molecule has 2 amide bonds. The van der Waals surface area contributed by atoms with Crippen LogP contribution in [0.1, 0.15) is 54.4 Å². The molecule has 1 unspecified atom stereocenters. The second-order valence-electron chi connectivity index (χ2n) is 7.58. The minimum absolute atomic E-state index is 0.0384. The highest BCUT2D eigenvalue weighted by Gasteiger charge is 2.41. The van der Waals surface area contributed by atoms with E-state index in [-0.39, 0.29) is 24.6 Å². The molecule has 0 bridgehead atoms. The molecule has 0 spiro atoms. The molecule has 0 saturated carbocycles. The SMILES string of the molecule is CCC1(OCC(=O)N(C)C(C)C)CCN(C(=O)OC(C)(C)C)C1. The molecule has 6 nitrogen and oxygen atoms in total. The van der Waals surface area contributed by atoms with Gasteiger partial charge in [0.15, 0.2) is 0 Å². The van der Waals surface area contributed by atoms with E-state index in [2.05, 4.69) is 0 Å². The Kier molecular flexibility index (Phi) is 6.45. The zero-order valence-electron chi connectivity index (χ0n) is 15.6. The molecular weight excluding hydrogens is 296 g/mol. The fourth-order valence-electron chi connectivity index (χ4n) is 2.44. The minimum atomic E-state index is -0.509. The third kappa shape index (κ3) is 5.68. The van der Waals surface area contributed by atoms with Crippen LogP contribution in [-0.2, 0) is 14.3 Å². The number of likely N-dealkylation sites (tertiary alicyclic amines) is 1. The van der Waals surface area contributed by atoms with E-state index < -0.39 is 11.2 Å². The summed E-state index contributed by atoms with van der Waals surface area (Å²) < 4.78 is 11.4. The second kappa shape index (κ2) is 7.51. The Bertz CT molecular complexity index is 431. The van der Waals surface area contributed by atoms with Crippen LogP contribution in [0.5, 0.6) is 0 Å². The lowest BCUT2D eigenvalue weighted by atomic mass is 10.00. The fraction of sp³-hybridized carbons (Fsp3) is 0.882. The largest absolute Gasteiger partial charge is 0.444 e. The van der Waals surface area contributed by atoms with Crippen LogP contribution in [0.15, 0.2) is 0 Å². The molecule has 0 aromatic heterocycles. The van der Waals surface area contributed by atoms with Crippen LogP contribution in [0.4, 0.5) is 4.79 Å². The van der Waals surface area contributed by atoms with Gasteiger partial charge in [-0.2, -0.15) is 0 Å². The zero-order valence-corrected chi connectivity index (χ0v) is 15.6. The Labute approximate surface area is 140 Å². The van der Waals surface area contributed by atoms with Crippen molar-refractivity contribution in [2.45, 2.75) is 71.6 Å². The van der Waals surface area contributed by atoms with Crippen LogP contribution >= 0.6 is 0 Å². The molecule has 134 valence electrons. The van der Waals surface area contributed by atoms with Crippen LogP contribution in [0.3, 0.4) is 0 Å². The normalized spacial score (nSPS) is 21.7. The van der Waals surface area contributed by atoms with E-state index in [4.69, 9.17) is 9.47 Å². The minimum Gasteiger partial charge on any atom is -0.444 e. The van der Waals surface area contributed by atoms with Gasteiger partial charge in [-0.05, 0) is 47.5 Å². The maximum Gasteiger partial charge on any atom is 0.410 e. The molecule has 0 aliphatic carbocycles. The number of nitrogens with zero attached hydrogens (tertiary/aromatic N) is 2. The zero-order chi connectivity index (χ0) is 17.8. The van der Waals surface area contributed by atoms with Gasteiger partial charge in [0.1, 0.15) is 12.2 Å². The molecule has 0 aromatic rings. The summed E-state index contributed by atoms with van der Waals surface area (Å²) in [6.45, 7) is 12.6. The van der Waals surface area contributed by atoms with E-state index in [1.54, 1.807) is 16.8 Å². The molecule has 1 atom stereocenters. The van der Waals surface area contributed by atoms with E-state index in [0.717, 1.165) is 12.8 Å². The van der Waals surface area contributed by atoms with E-state index in [1.165, 1.54) is 0 Å². The van der Waals surface area contributed by atoms with Gasteiger partial charge < -0.3 is 19.3 Å². The molecule has 6 heteroatoms. The molecule has 0 radical (unpaired) electrons. The summed E-state index contributed by atoms with van der Waals surface area (Å²) >= 11 is 0. The Morgan fingerprint density at radius 3 is 2.39 bits per heavy atom. The van der Waals surface area contributed by atoms with Crippen molar-refractivity contribution in [1.29, 1.82) is 0 Å². The first-order valence-corrected chi connectivity index (χ1v) is 8.37. The number of ether oxygens (including phenoxy) is 2. The number of amides is 2. The first kappa shape index (κ1) is 19.7. The lowest BCUT2D eigenvalue weighted by Gasteiger charge is -2.30. The Morgan fingerprint density at radius 2 is 1.91 bits per heavy atom. The van der Waals surface area contributed by atoms with Gasteiger partial charge in [-0.15, -0.1) is 0 Å². The molecule has 1 heterocycles. The molecule has 1 rings (SSSR count). The molecule has 23 heavy (non-hydrogen) atoms. The van der Waals surface area contributed by atoms with Crippen LogP contribution in [0.25, 0.3) is 0 Å². The highest BCUT2D eigenvalue weighted by atomic mass is 16.6. The highest BCUT2D eigenvalue weighted by Crippen LogP contribution is 2.30. The Morgan fingerprint density at radius 1 is 1.30 bits per heavy atom. The molecule has 1 saturated heterocycles. The molecule has 0 aromatic carbocycles. The molecular formula is C17H32N2O4.